The molecule has 0 aliphatic rings. The fourth-order valence-corrected chi connectivity index (χ4v) is 1.67. The monoisotopic (exact) mass is 314 g/mol. The number of rotatable bonds is 4. The first kappa shape index (κ1) is 15.5. The van der Waals surface area contributed by atoms with E-state index >= 15 is 0 Å². The summed E-state index contributed by atoms with van der Waals surface area (Å²) in [5.74, 6) is 0.334. The van der Waals surface area contributed by atoms with Gasteiger partial charge in [0, 0.05) is 0 Å². The third kappa shape index (κ3) is 5.22. The Labute approximate surface area is 132 Å². The van der Waals surface area contributed by atoms with E-state index in [0.717, 1.165) is 11.1 Å². The van der Waals surface area contributed by atoms with Crippen molar-refractivity contribution in [2.45, 2.75) is 0 Å². The predicted molar refractivity (Wildman–Crippen MR) is 90.3 cm³/mol. The zero-order valence-electron chi connectivity index (χ0n) is 11.5. The fraction of sp³-hybridized carbons (Fsp3) is 0. The standard InChI is InChI=1S/C15H14N4O2S/c20-13-5-1-3-11(7-13)9-16-18-15(22)19-17-10-12-4-2-6-14(21)8-12/h1-10,20-21H,(H2,18,19,22)/b16-9-,17-10+. The number of thiocarbonyl (C=S) groups is 1. The number of aromatic hydroxyl groups is 2. The Bertz CT molecular complexity index is 657. The number of nitrogens with one attached hydrogen (secondary N) is 2. The number of nitrogens with zero attached hydrogens (tertiary/aromatic N) is 2. The maximum Gasteiger partial charge on any atom is 0.207 e. The van der Waals surface area contributed by atoms with E-state index in [1.165, 1.54) is 12.4 Å². The Kier molecular flexibility index (Phi) is 5.44. The predicted octanol–water partition coefficient (Wildman–Crippen LogP) is 1.93. The number of benzene rings is 2. The molecule has 4 N–H and O–H groups in total. The second kappa shape index (κ2) is 7.75. The molecular formula is C15H14N4O2S. The van der Waals surface area contributed by atoms with Crippen molar-refractivity contribution in [3.05, 3.63) is 59.7 Å². The van der Waals surface area contributed by atoms with Gasteiger partial charge in [-0.25, -0.2) is 0 Å². The Morgan fingerprint density at radius 3 is 1.73 bits per heavy atom. The van der Waals surface area contributed by atoms with Crippen LogP contribution in [0.5, 0.6) is 11.5 Å². The highest BCUT2D eigenvalue weighted by atomic mass is 32.1. The molecule has 0 heterocycles. The third-order valence-corrected chi connectivity index (χ3v) is 2.68. The van der Waals surface area contributed by atoms with Crippen LogP contribution in [0.15, 0.2) is 58.7 Å². The highest BCUT2D eigenvalue weighted by Crippen LogP contribution is 2.09. The molecule has 22 heavy (non-hydrogen) atoms. The van der Waals surface area contributed by atoms with Gasteiger partial charge in [0.1, 0.15) is 11.5 Å². The van der Waals surface area contributed by atoms with Crippen LogP contribution in [0, 0.1) is 0 Å². The van der Waals surface area contributed by atoms with Crippen LogP contribution in [-0.4, -0.2) is 27.8 Å². The van der Waals surface area contributed by atoms with Crippen molar-refractivity contribution in [1.82, 2.24) is 10.9 Å². The molecule has 0 aliphatic carbocycles. The van der Waals surface area contributed by atoms with Crippen LogP contribution in [0.4, 0.5) is 0 Å². The molecule has 0 fully saturated rings. The first-order valence-electron chi connectivity index (χ1n) is 6.34. The number of hydrogen-bond donors (Lipinski definition) is 4. The highest BCUT2D eigenvalue weighted by molar-refractivity contribution is 7.80. The zero-order chi connectivity index (χ0) is 15.8. The Balaban J connectivity index is 1.81. The van der Waals surface area contributed by atoms with E-state index in [2.05, 4.69) is 21.1 Å². The van der Waals surface area contributed by atoms with Gasteiger partial charge in [0.05, 0.1) is 12.4 Å². The van der Waals surface area contributed by atoms with Gasteiger partial charge in [-0.3, -0.25) is 10.9 Å². The van der Waals surface area contributed by atoms with Gasteiger partial charge in [0.25, 0.3) is 0 Å². The lowest BCUT2D eigenvalue weighted by Crippen LogP contribution is -2.28. The first-order chi connectivity index (χ1) is 10.6. The molecule has 2 aromatic carbocycles. The van der Waals surface area contributed by atoms with Crippen LogP contribution in [0.1, 0.15) is 11.1 Å². The van der Waals surface area contributed by atoms with E-state index in [9.17, 15) is 10.2 Å². The summed E-state index contributed by atoms with van der Waals surface area (Å²) in [6.45, 7) is 0. The zero-order valence-corrected chi connectivity index (χ0v) is 12.3. The summed E-state index contributed by atoms with van der Waals surface area (Å²) in [6.07, 6.45) is 3.04. The van der Waals surface area contributed by atoms with Crippen molar-refractivity contribution in [2.75, 3.05) is 0 Å². The normalized spacial score (nSPS) is 10.9. The molecule has 0 aromatic heterocycles. The molecule has 2 rings (SSSR count). The van der Waals surface area contributed by atoms with Crippen LogP contribution in [0.3, 0.4) is 0 Å². The number of phenolic OH excluding ortho intramolecular Hbond substituents is 2. The molecule has 0 aliphatic heterocycles. The van der Waals surface area contributed by atoms with Crippen molar-refractivity contribution in [2.24, 2.45) is 10.2 Å². The minimum absolute atomic E-state index is 0.167. The summed E-state index contributed by atoms with van der Waals surface area (Å²) in [5, 5.41) is 26.7. The van der Waals surface area contributed by atoms with Gasteiger partial charge in [-0.2, -0.15) is 10.2 Å². The lowest BCUT2D eigenvalue weighted by molar-refractivity contribution is 0.474. The van der Waals surface area contributed by atoms with E-state index in [4.69, 9.17) is 12.2 Å². The van der Waals surface area contributed by atoms with Gasteiger partial charge >= 0.3 is 0 Å². The quantitative estimate of drug-likeness (QED) is 0.393. The Morgan fingerprint density at radius 1 is 0.864 bits per heavy atom. The topological polar surface area (TPSA) is 89.2 Å². The van der Waals surface area contributed by atoms with E-state index in [1.54, 1.807) is 48.5 Å². The molecule has 0 radical (unpaired) electrons. The van der Waals surface area contributed by atoms with Crippen LogP contribution >= 0.6 is 12.2 Å². The van der Waals surface area contributed by atoms with Gasteiger partial charge in [0.2, 0.25) is 5.11 Å². The molecule has 0 amide bonds. The summed E-state index contributed by atoms with van der Waals surface area (Å²) in [7, 11) is 0. The summed E-state index contributed by atoms with van der Waals surface area (Å²) >= 11 is 4.99. The molecule has 0 atom stereocenters. The molecule has 112 valence electrons. The summed E-state index contributed by atoms with van der Waals surface area (Å²) in [5.41, 5.74) is 6.66. The van der Waals surface area contributed by atoms with E-state index in [0.29, 0.717) is 0 Å². The lowest BCUT2D eigenvalue weighted by Gasteiger charge is -2.01. The van der Waals surface area contributed by atoms with Gasteiger partial charge < -0.3 is 10.2 Å². The van der Waals surface area contributed by atoms with Gasteiger partial charge in [0.15, 0.2) is 0 Å². The lowest BCUT2D eigenvalue weighted by atomic mass is 10.2. The van der Waals surface area contributed by atoms with Gasteiger partial charge in [-0.15, -0.1) is 0 Å². The van der Waals surface area contributed by atoms with Crippen molar-refractivity contribution < 1.29 is 10.2 Å². The molecule has 0 bridgehead atoms. The fourth-order valence-electron chi connectivity index (χ4n) is 1.57. The van der Waals surface area contributed by atoms with Crippen molar-refractivity contribution in [1.29, 1.82) is 0 Å². The average molecular weight is 314 g/mol. The maximum absolute atomic E-state index is 9.31. The SMILES string of the molecule is Oc1cccc(/C=N\NC(=S)N/N=C/c2cccc(O)c2)c1. The molecule has 7 heteroatoms. The molecule has 6 nitrogen and oxygen atoms in total. The average Bonchev–Trinajstić information content (AvgIpc) is 2.47. The van der Waals surface area contributed by atoms with E-state index in [1.807, 2.05) is 0 Å². The molecule has 2 aromatic rings. The maximum atomic E-state index is 9.31. The van der Waals surface area contributed by atoms with Crippen molar-refractivity contribution >= 4 is 29.8 Å². The van der Waals surface area contributed by atoms with Crippen molar-refractivity contribution in [3.63, 3.8) is 0 Å². The number of hydrogen-bond acceptors (Lipinski definition) is 5. The first-order valence-corrected chi connectivity index (χ1v) is 6.74. The number of hydrazone groups is 2. The second-order valence-corrected chi connectivity index (χ2v) is 4.67. The smallest absolute Gasteiger partial charge is 0.207 e. The van der Waals surface area contributed by atoms with E-state index < -0.39 is 0 Å². The van der Waals surface area contributed by atoms with Gasteiger partial charge in [-0.05, 0) is 47.6 Å². The highest BCUT2D eigenvalue weighted by Gasteiger charge is 1.93. The minimum Gasteiger partial charge on any atom is -0.508 e. The Morgan fingerprint density at radius 2 is 1.32 bits per heavy atom. The Hall–Kier alpha value is -2.93. The third-order valence-electron chi connectivity index (χ3n) is 2.50. The second-order valence-electron chi connectivity index (χ2n) is 4.26. The van der Waals surface area contributed by atoms with Crippen LogP contribution in [-0.2, 0) is 0 Å². The van der Waals surface area contributed by atoms with Gasteiger partial charge in [-0.1, -0.05) is 24.3 Å². The number of phenols is 2. The van der Waals surface area contributed by atoms with Crippen LogP contribution in [0.25, 0.3) is 0 Å². The summed E-state index contributed by atoms with van der Waals surface area (Å²) in [4.78, 5) is 0. The minimum atomic E-state index is 0.167. The molecule has 0 saturated heterocycles. The molecule has 0 saturated carbocycles. The summed E-state index contributed by atoms with van der Waals surface area (Å²) in [6, 6.07) is 13.3. The van der Waals surface area contributed by atoms with E-state index in [-0.39, 0.29) is 16.6 Å². The van der Waals surface area contributed by atoms with Crippen molar-refractivity contribution in [3.8, 4) is 11.5 Å². The summed E-state index contributed by atoms with van der Waals surface area (Å²) < 4.78 is 0. The van der Waals surface area contributed by atoms with Crippen LogP contribution < -0.4 is 10.9 Å². The molecule has 0 spiro atoms. The van der Waals surface area contributed by atoms with Crippen LogP contribution in [0.2, 0.25) is 0 Å². The molecule has 0 unspecified atom stereocenters. The largest absolute Gasteiger partial charge is 0.508 e. The molecular weight excluding hydrogens is 300 g/mol.